The van der Waals surface area contributed by atoms with Crippen molar-refractivity contribution in [2.75, 3.05) is 26.4 Å². The smallest absolute Gasteiger partial charge is 0.238 e. The van der Waals surface area contributed by atoms with Gasteiger partial charge in [0, 0.05) is 47.8 Å². The number of rotatable bonds is 5. The number of nitrogens with two attached hydrogens (primary N) is 1. The topological polar surface area (TPSA) is 113 Å². The number of ether oxygens (including phenoxy) is 1. The SMILES string of the molecule is CC(C)N1NCN=C1n1cc2c(n1)-c1ccc(C(C=NCCO)=CN)cc1OCC2. The lowest BCUT2D eigenvalue weighted by Gasteiger charge is -2.23. The number of hydrogen-bond donors (Lipinski definition) is 3. The summed E-state index contributed by atoms with van der Waals surface area (Å²) < 4.78 is 7.87. The first kappa shape index (κ1) is 20.1. The van der Waals surface area contributed by atoms with Gasteiger partial charge >= 0.3 is 0 Å². The summed E-state index contributed by atoms with van der Waals surface area (Å²) in [6, 6.07) is 6.21. The molecule has 9 heteroatoms. The van der Waals surface area contributed by atoms with Crippen molar-refractivity contribution in [3.8, 4) is 17.0 Å². The zero-order valence-electron chi connectivity index (χ0n) is 17.2. The average Bonchev–Trinajstić information content (AvgIpc) is 3.35. The van der Waals surface area contributed by atoms with Crippen molar-refractivity contribution >= 4 is 17.7 Å². The van der Waals surface area contributed by atoms with Crippen LogP contribution in [0.1, 0.15) is 25.0 Å². The third-order valence-electron chi connectivity index (χ3n) is 5.03. The lowest BCUT2D eigenvalue weighted by molar-refractivity contribution is 0.274. The van der Waals surface area contributed by atoms with E-state index in [0.29, 0.717) is 19.8 Å². The van der Waals surface area contributed by atoms with E-state index in [9.17, 15) is 0 Å². The highest BCUT2D eigenvalue weighted by Crippen LogP contribution is 2.36. The van der Waals surface area contributed by atoms with Crippen molar-refractivity contribution in [3.05, 3.63) is 41.7 Å². The fourth-order valence-corrected chi connectivity index (χ4v) is 3.57. The van der Waals surface area contributed by atoms with E-state index in [2.05, 4.69) is 29.3 Å². The highest BCUT2D eigenvalue weighted by molar-refractivity contribution is 6.10. The summed E-state index contributed by atoms with van der Waals surface area (Å²) in [6.07, 6.45) is 5.97. The second-order valence-electron chi connectivity index (χ2n) is 7.38. The standard InChI is InChI=1S/C21H27N7O2/c1-14(2)28-21(24-13-25-28)27-12-16-5-8-30-19-9-15(3-4-18(19)20(16)26-27)17(10-22)11-23-6-7-29/h3-4,9-12,14,25,29H,5-8,13,22H2,1-2H3. The van der Waals surface area contributed by atoms with Crippen LogP contribution in [0.4, 0.5) is 0 Å². The number of hydrazine groups is 1. The Morgan fingerprint density at radius 2 is 2.30 bits per heavy atom. The Morgan fingerprint density at radius 1 is 1.43 bits per heavy atom. The van der Waals surface area contributed by atoms with E-state index in [1.54, 1.807) is 6.21 Å². The molecule has 0 spiro atoms. The molecule has 2 aromatic rings. The normalized spacial score (nSPS) is 16.5. The molecular weight excluding hydrogens is 382 g/mol. The predicted octanol–water partition coefficient (Wildman–Crippen LogP) is 1.24. The molecule has 4 N–H and O–H groups in total. The fourth-order valence-electron chi connectivity index (χ4n) is 3.57. The van der Waals surface area contributed by atoms with Gasteiger partial charge in [-0.05, 0) is 31.5 Å². The largest absolute Gasteiger partial charge is 0.493 e. The van der Waals surface area contributed by atoms with E-state index in [1.165, 1.54) is 6.20 Å². The van der Waals surface area contributed by atoms with Crippen molar-refractivity contribution in [2.24, 2.45) is 15.7 Å². The maximum Gasteiger partial charge on any atom is 0.238 e. The van der Waals surface area contributed by atoms with E-state index >= 15 is 0 Å². The number of nitrogens with zero attached hydrogens (tertiary/aromatic N) is 5. The summed E-state index contributed by atoms with van der Waals surface area (Å²) in [7, 11) is 0. The number of benzene rings is 1. The van der Waals surface area contributed by atoms with Crippen LogP contribution >= 0.6 is 0 Å². The minimum absolute atomic E-state index is 0.00212. The summed E-state index contributed by atoms with van der Waals surface area (Å²) in [5.74, 6) is 1.56. The van der Waals surface area contributed by atoms with Gasteiger partial charge in [0.15, 0.2) is 0 Å². The number of aliphatic hydroxyl groups is 1. The summed E-state index contributed by atoms with van der Waals surface area (Å²) >= 11 is 0. The number of allylic oxidation sites excluding steroid dienone is 1. The molecule has 0 bridgehead atoms. The van der Waals surface area contributed by atoms with Crippen LogP contribution in [-0.2, 0) is 6.42 Å². The Morgan fingerprint density at radius 3 is 3.07 bits per heavy atom. The van der Waals surface area contributed by atoms with Gasteiger partial charge in [0.05, 0.1) is 25.5 Å². The van der Waals surface area contributed by atoms with Gasteiger partial charge in [-0.3, -0.25) is 10.0 Å². The van der Waals surface area contributed by atoms with Gasteiger partial charge < -0.3 is 15.6 Å². The Bertz CT molecular complexity index is 1010. The highest BCUT2D eigenvalue weighted by Gasteiger charge is 2.26. The Labute approximate surface area is 175 Å². The number of aliphatic hydroxyl groups excluding tert-OH is 1. The molecule has 0 atom stereocenters. The zero-order chi connectivity index (χ0) is 21.1. The maximum atomic E-state index is 8.92. The van der Waals surface area contributed by atoms with Crippen LogP contribution in [0.25, 0.3) is 16.8 Å². The van der Waals surface area contributed by atoms with Gasteiger partial charge in [0.1, 0.15) is 12.4 Å². The van der Waals surface area contributed by atoms with Crippen LogP contribution in [0, 0.1) is 0 Å². The number of nitrogens with one attached hydrogen (secondary N) is 1. The minimum Gasteiger partial charge on any atom is -0.493 e. The molecule has 158 valence electrons. The van der Waals surface area contributed by atoms with E-state index in [1.807, 2.05) is 34.1 Å². The van der Waals surface area contributed by atoms with Crippen LogP contribution < -0.4 is 15.9 Å². The first-order valence-corrected chi connectivity index (χ1v) is 10.1. The quantitative estimate of drug-likeness (QED) is 0.641. The average molecular weight is 409 g/mol. The lowest BCUT2D eigenvalue weighted by atomic mass is 10.0. The molecule has 3 heterocycles. The minimum atomic E-state index is 0.00212. The third kappa shape index (κ3) is 3.81. The molecule has 0 unspecified atom stereocenters. The fraction of sp³-hybridized carbons (Fsp3) is 0.381. The van der Waals surface area contributed by atoms with Crippen LogP contribution in [0.5, 0.6) is 5.75 Å². The maximum absolute atomic E-state index is 8.92. The molecular formula is C21H27N7O2. The van der Waals surface area contributed by atoms with Crippen molar-refractivity contribution in [3.63, 3.8) is 0 Å². The van der Waals surface area contributed by atoms with Gasteiger partial charge in [0.25, 0.3) is 0 Å². The molecule has 2 aliphatic rings. The zero-order valence-corrected chi connectivity index (χ0v) is 17.2. The molecule has 0 amide bonds. The Kier molecular flexibility index (Phi) is 5.82. The van der Waals surface area contributed by atoms with Crippen molar-refractivity contribution < 1.29 is 9.84 Å². The van der Waals surface area contributed by atoms with E-state index < -0.39 is 0 Å². The van der Waals surface area contributed by atoms with Crippen molar-refractivity contribution in [1.82, 2.24) is 20.2 Å². The first-order valence-electron chi connectivity index (χ1n) is 10.1. The Balaban J connectivity index is 1.69. The molecule has 9 nitrogen and oxygen atoms in total. The van der Waals surface area contributed by atoms with Crippen molar-refractivity contribution in [2.45, 2.75) is 26.3 Å². The van der Waals surface area contributed by atoms with Gasteiger partial charge in [-0.15, -0.1) is 0 Å². The van der Waals surface area contributed by atoms with E-state index in [-0.39, 0.29) is 12.6 Å². The molecule has 0 radical (unpaired) electrons. The van der Waals surface area contributed by atoms with E-state index in [0.717, 1.165) is 46.1 Å². The molecule has 0 saturated carbocycles. The number of fused-ring (bicyclic) bond motifs is 3. The first-order chi connectivity index (χ1) is 14.6. The number of aliphatic imine (C=N–C) groups is 2. The van der Waals surface area contributed by atoms with Crippen LogP contribution in [-0.4, -0.2) is 64.5 Å². The molecule has 4 rings (SSSR count). The number of aromatic nitrogens is 2. The lowest BCUT2D eigenvalue weighted by Crippen LogP contribution is -2.45. The molecule has 30 heavy (non-hydrogen) atoms. The van der Waals surface area contributed by atoms with Gasteiger partial charge in [0.2, 0.25) is 5.96 Å². The summed E-state index contributed by atoms with van der Waals surface area (Å²) in [5, 5.41) is 15.8. The molecule has 0 aliphatic carbocycles. The molecule has 2 aliphatic heterocycles. The number of hydrogen-bond acceptors (Lipinski definition) is 8. The summed E-state index contributed by atoms with van der Waals surface area (Å²) in [5.41, 5.74) is 13.7. The van der Waals surface area contributed by atoms with Gasteiger partial charge in [-0.25, -0.2) is 15.1 Å². The van der Waals surface area contributed by atoms with Gasteiger partial charge in [-0.2, -0.15) is 5.10 Å². The summed E-state index contributed by atoms with van der Waals surface area (Å²) in [4.78, 5) is 8.73. The highest BCUT2D eigenvalue weighted by atomic mass is 16.5. The molecule has 1 aromatic carbocycles. The van der Waals surface area contributed by atoms with Crippen LogP contribution in [0.2, 0.25) is 0 Å². The van der Waals surface area contributed by atoms with Crippen LogP contribution in [0.15, 0.2) is 40.6 Å². The molecule has 0 fully saturated rings. The second kappa shape index (κ2) is 8.68. The van der Waals surface area contributed by atoms with E-state index in [4.69, 9.17) is 20.7 Å². The predicted molar refractivity (Wildman–Crippen MR) is 117 cm³/mol. The third-order valence-corrected chi connectivity index (χ3v) is 5.03. The monoisotopic (exact) mass is 409 g/mol. The molecule has 0 saturated heterocycles. The molecule has 1 aromatic heterocycles. The van der Waals surface area contributed by atoms with Crippen LogP contribution in [0.3, 0.4) is 0 Å². The Hall–Kier alpha value is -3.17. The van der Waals surface area contributed by atoms with Gasteiger partial charge in [-0.1, -0.05) is 6.07 Å². The second-order valence-corrected chi connectivity index (χ2v) is 7.38. The summed E-state index contributed by atoms with van der Waals surface area (Å²) in [6.45, 7) is 5.67. The van der Waals surface area contributed by atoms with Crippen molar-refractivity contribution in [1.29, 1.82) is 0 Å².